The first-order chi connectivity index (χ1) is 16.5. The second kappa shape index (κ2) is 10.6. The van der Waals surface area contributed by atoms with E-state index in [2.05, 4.69) is 0 Å². The largest absolute Gasteiger partial charge is 0.380 e. The van der Waals surface area contributed by atoms with Gasteiger partial charge in [-0.1, -0.05) is 39.5 Å². The Morgan fingerprint density at radius 3 is 1.37 bits per heavy atom. The average Bonchev–Trinajstić information content (AvgIpc) is 3.42. The van der Waals surface area contributed by atoms with Gasteiger partial charge in [-0.25, -0.2) is 0 Å². The average molecular weight is 537 g/mol. The number of hydrogen-bond acceptors (Lipinski definition) is 4. The maximum absolute atomic E-state index is 15.3. The molecule has 192 valence electrons. The van der Waals surface area contributed by atoms with Gasteiger partial charge in [0, 0.05) is 20.9 Å². The number of halogens is 6. The quantitative estimate of drug-likeness (QED) is 0.154. The van der Waals surface area contributed by atoms with Gasteiger partial charge in [-0.2, -0.15) is 26.3 Å². The number of rotatable bonds is 12. The number of unbranched alkanes of at least 4 members (excludes halogenated alkanes) is 4. The van der Waals surface area contributed by atoms with E-state index in [1.54, 1.807) is 0 Å². The molecule has 0 bridgehead atoms. The second-order valence-corrected chi connectivity index (χ2v) is 10.9. The van der Waals surface area contributed by atoms with Crippen LogP contribution in [0.2, 0.25) is 0 Å². The summed E-state index contributed by atoms with van der Waals surface area (Å²) < 4.78 is 90.6. The Morgan fingerprint density at radius 1 is 0.686 bits per heavy atom. The van der Waals surface area contributed by atoms with E-state index in [9.17, 15) is 18.4 Å². The summed E-state index contributed by atoms with van der Waals surface area (Å²) in [6, 6.07) is 2.01. The highest BCUT2D eigenvalue weighted by molar-refractivity contribution is 7.14. The fourth-order valence-electron chi connectivity index (χ4n) is 4.31. The third-order valence-electron chi connectivity index (χ3n) is 6.11. The Kier molecular flexibility index (Phi) is 8.36. The Bertz CT molecular complexity index is 1030. The van der Waals surface area contributed by atoms with Crippen LogP contribution in [0.4, 0.5) is 26.3 Å². The number of hydrogen-bond donors (Lipinski definition) is 0. The van der Waals surface area contributed by atoms with Crippen molar-refractivity contribution >= 4 is 46.4 Å². The summed E-state index contributed by atoms with van der Waals surface area (Å²) in [5, 5.41) is 0. The van der Waals surface area contributed by atoms with Crippen LogP contribution in [0.3, 0.4) is 0 Å². The van der Waals surface area contributed by atoms with E-state index in [4.69, 9.17) is 0 Å². The molecule has 0 spiro atoms. The Hall–Kier alpha value is -1.94. The molecule has 0 unspecified atom stereocenters. The zero-order chi connectivity index (χ0) is 26.0. The lowest BCUT2D eigenvalue weighted by Crippen LogP contribution is -2.49. The molecule has 0 radical (unpaired) electrons. The van der Waals surface area contributed by atoms with Gasteiger partial charge in [0.25, 0.3) is 0 Å². The first-order valence-electron chi connectivity index (χ1n) is 11.5. The van der Waals surface area contributed by atoms with Crippen molar-refractivity contribution in [2.24, 2.45) is 0 Å². The van der Waals surface area contributed by atoms with Crippen molar-refractivity contribution in [2.45, 2.75) is 83.0 Å². The molecule has 3 rings (SSSR count). The molecule has 0 aliphatic heterocycles. The summed E-state index contributed by atoms with van der Waals surface area (Å²) in [4.78, 5) is 23.2. The van der Waals surface area contributed by atoms with Crippen LogP contribution in [-0.2, 0) is 12.8 Å². The highest BCUT2D eigenvalue weighted by Gasteiger charge is 2.80. The lowest BCUT2D eigenvalue weighted by atomic mass is 9.93. The van der Waals surface area contributed by atoms with Crippen LogP contribution in [0.25, 0.3) is 11.1 Å². The molecule has 0 saturated carbocycles. The number of carbonyl (C=O) groups excluding carboxylic acids is 2. The van der Waals surface area contributed by atoms with Crippen molar-refractivity contribution in [1.82, 2.24) is 0 Å². The van der Waals surface area contributed by atoms with Crippen LogP contribution in [0.5, 0.6) is 0 Å². The van der Waals surface area contributed by atoms with Crippen LogP contribution in [0.1, 0.15) is 92.6 Å². The van der Waals surface area contributed by atoms with Crippen LogP contribution in [0, 0.1) is 0 Å². The van der Waals surface area contributed by atoms with E-state index >= 15 is 17.6 Å². The Morgan fingerprint density at radius 2 is 1.06 bits per heavy atom. The molecule has 0 amide bonds. The van der Waals surface area contributed by atoms with Crippen LogP contribution in [-0.4, -0.2) is 30.3 Å². The molecule has 2 aromatic rings. The molecule has 0 N–H and O–H groups in total. The fraction of sp³-hybridized carbons (Fsp3) is 0.520. The summed E-state index contributed by atoms with van der Waals surface area (Å²) in [5.41, 5.74) is -3.78. The SMILES string of the molecule is CCCCCc1sc(C=O)cc1C1=C(c2cc(C=O)sc2CCCCC)C(F)(F)C(F)(F)C1(F)F. The van der Waals surface area contributed by atoms with Crippen LogP contribution < -0.4 is 0 Å². The molecule has 0 aromatic carbocycles. The van der Waals surface area contributed by atoms with E-state index in [-0.39, 0.29) is 32.4 Å². The minimum atomic E-state index is -5.68. The third-order valence-corrected chi connectivity index (χ3v) is 8.35. The minimum absolute atomic E-state index is 0.00486. The third kappa shape index (κ3) is 4.75. The van der Waals surface area contributed by atoms with Gasteiger partial charge in [-0.3, -0.25) is 9.59 Å². The van der Waals surface area contributed by atoms with Crippen molar-refractivity contribution in [1.29, 1.82) is 0 Å². The predicted octanol–water partition coefficient (Wildman–Crippen LogP) is 8.73. The lowest BCUT2D eigenvalue weighted by Gasteiger charge is -2.26. The minimum Gasteiger partial charge on any atom is -0.297 e. The molecular formula is C25H26F6O2S2. The van der Waals surface area contributed by atoms with Crippen molar-refractivity contribution in [3.05, 3.63) is 42.8 Å². The van der Waals surface area contributed by atoms with Crippen LogP contribution >= 0.6 is 22.7 Å². The van der Waals surface area contributed by atoms with Crippen molar-refractivity contribution in [3.63, 3.8) is 0 Å². The summed E-state index contributed by atoms with van der Waals surface area (Å²) >= 11 is 1.69. The van der Waals surface area contributed by atoms with E-state index < -0.39 is 40.0 Å². The van der Waals surface area contributed by atoms with Gasteiger partial charge < -0.3 is 0 Å². The van der Waals surface area contributed by atoms with Crippen molar-refractivity contribution in [2.75, 3.05) is 0 Å². The number of aryl methyl sites for hydroxylation is 2. The molecule has 2 heterocycles. The highest BCUT2D eigenvalue weighted by atomic mass is 32.1. The molecular weight excluding hydrogens is 510 g/mol. The van der Waals surface area contributed by atoms with Crippen LogP contribution in [0.15, 0.2) is 12.1 Å². The topological polar surface area (TPSA) is 34.1 Å². The molecule has 1 aliphatic carbocycles. The van der Waals surface area contributed by atoms with Gasteiger partial charge >= 0.3 is 17.8 Å². The molecule has 2 nitrogen and oxygen atoms in total. The molecule has 1 aliphatic rings. The second-order valence-electron chi connectivity index (χ2n) is 8.59. The van der Waals surface area contributed by atoms with E-state index in [1.807, 2.05) is 13.8 Å². The summed E-state index contributed by atoms with van der Waals surface area (Å²) in [6.07, 6.45) is 5.26. The number of aldehydes is 2. The Balaban J connectivity index is 2.33. The molecule has 0 atom stereocenters. The van der Waals surface area contributed by atoms with Gasteiger partial charge in [0.2, 0.25) is 0 Å². The van der Waals surface area contributed by atoms with Crippen molar-refractivity contribution < 1.29 is 35.9 Å². The molecule has 0 fully saturated rings. The maximum atomic E-state index is 15.3. The summed E-state index contributed by atoms with van der Waals surface area (Å²) in [5.74, 6) is -16.0. The molecule has 2 aromatic heterocycles. The monoisotopic (exact) mass is 536 g/mol. The maximum Gasteiger partial charge on any atom is 0.380 e. The molecule has 0 saturated heterocycles. The number of allylic oxidation sites excluding steroid dienone is 2. The van der Waals surface area contributed by atoms with E-state index in [0.29, 0.717) is 25.4 Å². The molecule has 35 heavy (non-hydrogen) atoms. The normalized spacial score (nSPS) is 18.3. The van der Waals surface area contributed by atoms with Gasteiger partial charge in [-0.15, -0.1) is 22.7 Å². The number of thiophene rings is 2. The fourth-order valence-corrected chi connectivity index (χ4v) is 6.37. The Labute approximate surface area is 208 Å². The first kappa shape index (κ1) is 27.6. The number of alkyl halides is 6. The van der Waals surface area contributed by atoms with Gasteiger partial charge in [0.15, 0.2) is 12.6 Å². The number of carbonyl (C=O) groups is 2. The van der Waals surface area contributed by atoms with E-state index in [0.717, 1.165) is 60.5 Å². The zero-order valence-electron chi connectivity index (χ0n) is 19.4. The highest BCUT2D eigenvalue weighted by Crippen LogP contribution is 2.65. The lowest BCUT2D eigenvalue weighted by molar-refractivity contribution is -0.254. The zero-order valence-corrected chi connectivity index (χ0v) is 21.0. The summed E-state index contributed by atoms with van der Waals surface area (Å²) in [7, 11) is 0. The standard InChI is InChI=1S/C25H26F6O2S2/c1-3-5-7-9-19-17(11-15(13-32)34-19)21-22(24(28,29)25(30,31)23(21,26)27)18-12-16(14-33)35-20(18)10-8-6-4-2/h11-14H,3-10H2,1-2H3. The van der Waals surface area contributed by atoms with E-state index in [1.165, 1.54) is 0 Å². The smallest absolute Gasteiger partial charge is 0.297 e. The molecule has 10 heteroatoms. The predicted molar refractivity (Wildman–Crippen MR) is 128 cm³/mol. The van der Waals surface area contributed by atoms with Gasteiger partial charge in [0.05, 0.1) is 9.75 Å². The van der Waals surface area contributed by atoms with Gasteiger partial charge in [-0.05, 0) is 48.9 Å². The first-order valence-corrected chi connectivity index (χ1v) is 13.2. The summed E-state index contributed by atoms with van der Waals surface area (Å²) in [6.45, 7) is 3.83. The van der Waals surface area contributed by atoms with Gasteiger partial charge in [0.1, 0.15) is 0 Å². The van der Waals surface area contributed by atoms with Crippen molar-refractivity contribution in [3.8, 4) is 0 Å².